The average molecular weight is 236 g/mol. The van der Waals surface area contributed by atoms with Gasteiger partial charge in [0.15, 0.2) is 0 Å². The van der Waals surface area contributed by atoms with Crippen LogP contribution < -0.4 is 0 Å². The molecular formula is C12H12OS2. The summed E-state index contributed by atoms with van der Waals surface area (Å²) in [6.45, 7) is 0. The van der Waals surface area contributed by atoms with Gasteiger partial charge in [-0.25, -0.2) is 0 Å². The van der Waals surface area contributed by atoms with Gasteiger partial charge in [-0.1, -0.05) is 0 Å². The molecule has 2 aromatic rings. The number of aliphatic hydroxyl groups is 1. The molecule has 1 aliphatic rings. The Morgan fingerprint density at radius 2 is 2.27 bits per heavy atom. The van der Waals surface area contributed by atoms with Crippen molar-refractivity contribution in [1.29, 1.82) is 0 Å². The van der Waals surface area contributed by atoms with Gasteiger partial charge in [-0.05, 0) is 53.3 Å². The van der Waals surface area contributed by atoms with Crippen LogP contribution in [0.3, 0.4) is 0 Å². The molecule has 2 heterocycles. The van der Waals surface area contributed by atoms with Gasteiger partial charge >= 0.3 is 0 Å². The predicted molar refractivity (Wildman–Crippen MR) is 64.7 cm³/mol. The molecule has 3 rings (SSSR count). The van der Waals surface area contributed by atoms with E-state index in [4.69, 9.17) is 0 Å². The smallest absolute Gasteiger partial charge is 0.114 e. The molecule has 1 atom stereocenters. The van der Waals surface area contributed by atoms with E-state index in [0.29, 0.717) is 0 Å². The molecule has 0 amide bonds. The molecule has 0 radical (unpaired) electrons. The minimum atomic E-state index is -0.410. The fraction of sp³-hybridized carbons (Fsp3) is 0.333. The van der Waals surface area contributed by atoms with Gasteiger partial charge in [0, 0.05) is 9.75 Å². The van der Waals surface area contributed by atoms with Gasteiger partial charge in [0.25, 0.3) is 0 Å². The second kappa shape index (κ2) is 3.74. The van der Waals surface area contributed by atoms with Gasteiger partial charge in [0.05, 0.1) is 0 Å². The molecule has 3 heteroatoms. The highest BCUT2D eigenvalue weighted by atomic mass is 32.1. The number of hydrogen-bond donors (Lipinski definition) is 1. The van der Waals surface area contributed by atoms with Crippen LogP contribution in [0.5, 0.6) is 0 Å². The van der Waals surface area contributed by atoms with Gasteiger partial charge in [-0.3, -0.25) is 0 Å². The fourth-order valence-corrected chi connectivity index (χ4v) is 4.03. The van der Waals surface area contributed by atoms with E-state index in [1.807, 2.05) is 16.8 Å². The first kappa shape index (κ1) is 9.58. The van der Waals surface area contributed by atoms with Gasteiger partial charge in [-0.2, -0.15) is 11.3 Å². The molecule has 1 N–H and O–H groups in total. The quantitative estimate of drug-likeness (QED) is 0.847. The number of thiophene rings is 2. The molecule has 0 fully saturated rings. The third-order valence-corrected chi connectivity index (χ3v) is 4.89. The molecule has 1 aliphatic carbocycles. The summed E-state index contributed by atoms with van der Waals surface area (Å²) in [6, 6.07) is 4.19. The summed E-state index contributed by atoms with van der Waals surface area (Å²) in [6.07, 6.45) is 3.28. The van der Waals surface area contributed by atoms with Crippen molar-refractivity contribution in [3.63, 3.8) is 0 Å². The lowest BCUT2D eigenvalue weighted by Crippen LogP contribution is -1.94. The third kappa shape index (κ3) is 1.65. The zero-order chi connectivity index (χ0) is 10.3. The molecule has 0 bridgehead atoms. The first-order valence-electron chi connectivity index (χ1n) is 5.16. The maximum Gasteiger partial charge on any atom is 0.114 e. The summed E-state index contributed by atoms with van der Waals surface area (Å²) < 4.78 is 0. The third-order valence-electron chi connectivity index (χ3n) is 2.89. The van der Waals surface area contributed by atoms with Crippen molar-refractivity contribution in [3.05, 3.63) is 43.8 Å². The van der Waals surface area contributed by atoms with Crippen molar-refractivity contribution in [2.24, 2.45) is 0 Å². The summed E-state index contributed by atoms with van der Waals surface area (Å²) in [5, 5.41) is 14.2. The Bertz CT molecular complexity index is 434. The average Bonchev–Trinajstić information content (AvgIpc) is 2.92. The first-order chi connectivity index (χ1) is 7.34. The number of rotatable bonds is 2. The number of hydrogen-bond acceptors (Lipinski definition) is 3. The van der Waals surface area contributed by atoms with Crippen molar-refractivity contribution < 1.29 is 5.11 Å². The Morgan fingerprint density at radius 1 is 1.33 bits per heavy atom. The molecule has 1 nitrogen and oxygen atoms in total. The monoisotopic (exact) mass is 236 g/mol. The highest BCUT2D eigenvalue weighted by Crippen LogP contribution is 2.36. The topological polar surface area (TPSA) is 20.2 Å². The van der Waals surface area contributed by atoms with Crippen LogP contribution in [-0.4, -0.2) is 5.11 Å². The Labute approximate surface area is 97.0 Å². The highest BCUT2D eigenvalue weighted by molar-refractivity contribution is 7.12. The normalized spacial score (nSPS) is 16.6. The maximum absolute atomic E-state index is 10.2. The van der Waals surface area contributed by atoms with E-state index >= 15 is 0 Å². The van der Waals surface area contributed by atoms with E-state index in [2.05, 4.69) is 6.07 Å². The SMILES string of the molecule is OC(c1ccsc1)c1cc2c(s1)CCC2. The minimum absolute atomic E-state index is 0.410. The Morgan fingerprint density at radius 3 is 3.00 bits per heavy atom. The number of aliphatic hydroxyl groups excluding tert-OH is 1. The van der Waals surface area contributed by atoms with Crippen molar-refractivity contribution in [2.45, 2.75) is 25.4 Å². The van der Waals surface area contributed by atoms with Gasteiger partial charge in [0.1, 0.15) is 6.10 Å². The predicted octanol–water partition coefficient (Wildman–Crippen LogP) is 3.38. The molecule has 1 unspecified atom stereocenters. The Hall–Kier alpha value is -0.640. The Balaban J connectivity index is 1.93. The van der Waals surface area contributed by atoms with E-state index in [9.17, 15) is 5.11 Å². The summed E-state index contributed by atoms with van der Waals surface area (Å²) >= 11 is 3.42. The summed E-state index contributed by atoms with van der Waals surface area (Å²) in [5.41, 5.74) is 2.49. The van der Waals surface area contributed by atoms with Crippen LogP contribution in [0.4, 0.5) is 0 Å². The number of aryl methyl sites for hydroxylation is 2. The summed E-state index contributed by atoms with van der Waals surface area (Å²) in [4.78, 5) is 2.59. The fourth-order valence-electron chi connectivity index (χ4n) is 2.08. The van der Waals surface area contributed by atoms with E-state index in [0.717, 1.165) is 10.4 Å². The lowest BCUT2D eigenvalue weighted by molar-refractivity contribution is 0.224. The zero-order valence-corrected chi connectivity index (χ0v) is 9.90. The Kier molecular flexibility index (Phi) is 2.39. The second-order valence-electron chi connectivity index (χ2n) is 3.91. The van der Waals surface area contributed by atoms with E-state index in [-0.39, 0.29) is 0 Å². The van der Waals surface area contributed by atoms with E-state index < -0.39 is 6.10 Å². The largest absolute Gasteiger partial charge is 0.383 e. The lowest BCUT2D eigenvalue weighted by Gasteiger charge is -2.05. The van der Waals surface area contributed by atoms with Crippen LogP contribution in [-0.2, 0) is 12.8 Å². The molecule has 0 saturated heterocycles. The zero-order valence-electron chi connectivity index (χ0n) is 8.27. The lowest BCUT2D eigenvalue weighted by atomic mass is 10.1. The van der Waals surface area contributed by atoms with Crippen LogP contribution in [0.1, 0.15) is 33.4 Å². The number of fused-ring (bicyclic) bond motifs is 1. The molecule has 2 aromatic heterocycles. The van der Waals surface area contributed by atoms with Crippen LogP contribution in [0.2, 0.25) is 0 Å². The van der Waals surface area contributed by atoms with Crippen molar-refractivity contribution in [3.8, 4) is 0 Å². The summed E-state index contributed by atoms with van der Waals surface area (Å²) in [7, 11) is 0. The van der Waals surface area contributed by atoms with Crippen molar-refractivity contribution in [2.75, 3.05) is 0 Å². The van der Waals surface area contributed by atoms with Crippen LogP contribution in [0.25, 0.3) is 0 Å². The molecule has 0 saturated carbocycles. The molecule has 78 valence electrons. The van der Waals surface area contributed by atoms with Crippen molar-refractivity contribution in [1.82, 2.24) is 0 Å². The van der Waals surface area contributed by atoms with Crippen LogP contribution >= 0.6 is 22.7 Å². The van der Waals surface area contributed by atoms with Gasteiger partial charge < -0.3 is 5.11 Å². The molecule has 0 aromatic carbocycles. The van der Waals surface area contributed by atoms with Gasteiger partial charge in [0.2, 0.25) is 0 Å². The maximum atomic E-state index is 10.2. The standard InChI is InChI=1S/C12H12OS2/c13-12(9-4-5-14-7-9)11-6-8-2-1-3-10(8)15-11/h4-7,12-13H,1-3H2. The van der Waals surface area contributed by atoms with E-state index in [1.54, 1.807) is 22.7 Å². The highest BCUT2D eigenvalue weighted by Gasteiger charge is 2.19. The van der Waals surface area contributed by atoms with E-state index in [1.165, 1.54) is 29.7 Å². The van der Waals surface area contributed by atoms with Gasteiger partial charge in [-0.15, -0.1) is 11.3 Å². The first-order valence-corrected chi connectivity index (χ1v) is 6.92. The molecular weight excluding hydrogens is 224 g/mol. The molecule has 0 aliphatic heterocycles. The summed E-state index contributed by atoms with van der Waals surface area (Å²) in [5.74, 6) is 0. The molecule has 0 spiro atoms. The second-order valence-corrected chi connectivity index (χ2v) is 5.86. The van der Waals surface area contributed by atoms with Crippen LogP contribution in [0.15, 0.2) is 22.9 Å². The van der Waals surface area contributed by atoms with Crippen molar-refractivity contribution >= 4 is 22.7 Å². The minimum Gasteiger partial charge on any atom is -0.383 e. The van der Waals surface area contributed by atoms with Crippen LogP contribution in [0, 0.1) is 0 Å². The molecule has 15 heavy (non-hydrogen) atoms.